The summed E-state index contributed by atoms with van der Waals surface area (Å²) >= 11 is 11.5. The number of aromatic nitrogens is 1. The van der Waals surface area contributed by atoms with Crippen molar-refractivity contribution in [2.45, 2.75) is 27.3 Å². The number of carbonyl (C=O) groups excluding carboxylic acids is 2. The molecule has 2 heterocycles. The van der Waals surface area contributed by atoms with Gasteiger partial charge in [0.05, 0.1) is 12.3 Å². The third kappa shape index (κ3) is 4.12. The highest BCUT2D eigenvalue weighted by molar-refractivity contribution is 7.80. The summed E-state index contributed by atoms with van der Waals surface area (Å²) in [6, 6.07) is 7.15. The molecule has 0 aliphatic carbocycles. The summed E-state index contributed by atoms with van der Waals surface area (Å²) in [5, 5.41) is 3.14. The number of aryl methyl sites for hydroxylation is 2. The molecule has 0 radical (unpaired) electrons. The molecule has 29 heavy (non-hydrogen) atoms. The van der Waals surface area contributed by atoms with Gasteiger partial charge < -0.3 is 9.30 Å². The van der Waals surface area contributed by atoms with E-state index in [1.165, 1.54) is 4.90 Å². The Hall–Kier alpha value is -2.48. The Morgan fingerprint density at radius 3 is 2.59 bits per heavy atom. The van der Waals surface area contributed by atoms with Crippen LogP contribution in [0.2, 0.25) is 5.02 Å². The van der Waals surface area contributed by atoms with Gasteiger partial charge in [-0.05, 0) is 68.4 Å². The molecule has 1 fully saturated rings. The number of hydrogen-bond donors (Lipinski definition) is 1. The number of thiocarbonyl (C=S) groups is 1. The first-order valence-corrected chi connectivity index (χ1v) is 9.86. The van der Waals surface area contributed by atoms with Gasteiger partial charge in [-0.3, -0.25) is 19.8 Å². The number of benzene rings is 1. The monoisotopic (exact) mass is 431 g/mol. The fraction of sp³-hybridized carbons (Fsp3) is 0.286. The first kappa shape index (κ1) is 21.2. The number of methoxy groups -OCH3 is 1. The maximum absolute atomic E-state index is 13.2. The van der Waals surface area contributed by atoms with Crippen molar-refractivity contribution in [2.75, 3.05) is 18.6 Å². The van der Waals surface area contributed by atoms with E-state index in [1.807, 2.05) is 26.8 Å². The van der Waals surface area contributed by atoms with Crippen LogP contribution in [0, 0.1) is 20.8 Å². The Kier molecular flexibility index (Phi) is 6.21. The lowest BCUT2D eigenvalue weighted by molar-refractivity contribution is -0.122. The van der Waals surface area contributed by atoms with E-state index < -0.39 is 11.8 Å². The van der Waals surface area contributed by atoms with Gasteiger partial charge in [-0.2, -0.15) is 0 Å². The first-order valence-electron chi connectivity index (χ1n) is 9.08. The molecule has 8 heteroatoms. The van der Waals surface area contributed by atoms with E-state index in [-0.39, 0.29) is 10.7 Å². The summed E-state index contributed by atoms with van der Waals surface area (Å²) in [6.45, 7) is 7.05. The third-order valence-corrected chi connectivity index (χ3v) is 5.64. The number of halogens is 1. The zero-order valence-corrected chi connectivity index (χ0v) is 18.3. The second kappa shape index (κ2) is 8.49. The Balaban J connectivity index is 2.01. The van der Waals surface area contributed by atoms with Crippen LogP contribution in [-0.4, -0.2) is 35.2 Å². The minimum absolute atomic E-state index is 0.0160. The molecule has 0 unspecified atom stereocenters. The summed E-state index contributed by atoms with van der Waals surface area (Å²) in [5.41, 5.74) is 4.17. The van der Waals surface area contributed by atoms with Crippen molar-refractivity contribution in [3.05, 3.63) is 57.4 Å². The van der Waals surface area contributed by atoms with Crippen LogP contribution in [0.15, 0.2) is 29.8 Å². The molecule has 0 saturated carbocycles. The van der Waals surface area contributed by atoms with Gasteiger partial charge in [-0.1, -0.05) is 17.7 Å². The Labute approximate surface area is 180 Å². The SMILES string of the molecule is COCCn1c(C)cc(/C=C2\C(=O)NC(=S)N(c3ccc(C)c(Cl)c3)C2=O)c1C. The lowest BCUT2D eigenvalue weighted by Crippen LogP contribution is -2.54. The van der Waals surface area contributed by atoms with Crippen molar-refractivity contribution < 1.29 is 14.3 Å². The topological polar surface area (TPSA) is 63.6 Å². The summed E-state index contributed by atoms with van der Waals surface area (Å²) in [5.74, 6) is -1.00. The highest BCUT2D eigenvalue weighted by Crippen LogP contribution is 2.27. The predicted molar refractivity (Wildman–Crippen MR) is 118 cm³/mol. The summed E-state index contributed by atoms with van der Waals surface area (Å²) in [4.78, 5) is 27.0. The normalized spacial score (nSPS) is 16.0. The molecule has 1 aliphatic heterocycles. The largest absolute Gasteiger partial charge is 0.383 e. The minimum Gasteiger partial charge on any atom is -0.383 e. The third-order valence-electron chi connectivity index (χ3n) is 4.95. The fourth-order valence-corrected chi connectivity index (χ4v) is 3.72. The molecule has 0 bridgehead atoms. The number of rotatable bonds is 5. The van der Waals surface area contributed by atoms with Crippen LogP contribution in [0.4, 0.5) is 5.69 Å². The van der Waals surface area contributed by atoms with E-state index in [0.717, 1.165) is 22.5 Å². The number of nitrogens with zero attached hydrogens (tertiary/aromatic N) is 2. The van der Waals surface area contributed by atoms with Crippen molar-refractivity contribution in [2.24, 2.45) is 0 Å². The van der Waals surface area contributed by atoms with Crippen LogP contribution in [0.3, 0.4) is 0 Å². The summed E-state index contributed by atoms with van der Waals surface area (Å²) in [7, 11) is 1.65. The van der Waals surface area contributed by atoms with Crippen LogP contribution >= 0.6 is 23.8 Å². The van der Waals surface area contributed by atoms with Crippen molar-refractivity contribution in [1.82, 2.24) is 9.88 Å². The second-order valence-electron chi connectivity index (χ2n) is 6.86. The molecular weight excluding hydrogens is 410 g/mol. The average molecular weight is 432 g/mol. The molecule has 1 aromatic carbocycles. The van der Waals surface area contributed by atoms with E-state index in [4.69, 9.17) is 28.6 Å². The maximum Gasteiger partial charge on any atom is 0.270 e. The highest BCUT2D eigenvalue weighted by atomic mass is 35.5. The molecule has 0 atom stereocenters. The fourth-order valence-electron chi connectivity index (χ4n) is 3.27. The number of anilines is 1. The molecular formula is C21H22ClN3O3S. The van der Waals surface area contributed by atoms with Crippen molar-refractivity contribution in [3.63, 3.8) is 0 Å². The lowest BCUT2D eigenvalue weighted by atomic mass is 10.1. The Bertz CT molecular complexity index is 1040. The molecule has 2 aromatic rings. The van der Waals surface area contributed by atoms with Gasteiger partial charge in [0.25, 0.3) is 11.8 Å². The first-order chi connectivity index (χ1) is 13.7. The van der Waals surface area contributed by atoms with Gasteiger partial charge in [-0.15, -0.1) is 0 Å². The van der Waals surface area contributed by atoms with Crippen molar-refractivity contribution >= 4 is 52.5 Å². The molecule has 1 N–H and O–H groups in total. The van der Waals surface area contributed by atoms with Crippen LogP contribution in [0.5, 0.6) is 0 Å². The Morgan fingerprint density at radius 1 is 1.21 bits per heavy atom. The van der Waals surface area contributed by atoms with Crippen molar-refractivity contribution in [1.29, 1.82) is 0 Å². The molecule has 0 spiro atoms. The quantitative estimate of drug-likeness (QED) is 0.447. The van der Waals surface area contributed by atoms with Crippen LogP contribution in [0.1, 0.15) is 22.5 Å². The molecule has 1 aromatic heterocycles. The van der Waals surface area contributed by atoms with E-state index in [1.54, 1.807) is 31.4 Å². The standard InChI is InChI=1S/C21H22ClN3O3S/c1-12-5-6-16(11-18(12)22)25-20(27)17(19(26)23-21(25)29)10-15-9-13(2)24(14(15)3)7-8-28-4/h5-6,9-11H,7-8H2,1-4H3,(H,23,26,29)/b17-10+. The van der Waals surface area contributed by atoms with E-state index in [2.05, 4.69) is 9.88 Å². The minimum atomic E-state index is -0.517. The zero-order valence-electron chi connectivity index (χ0n) is 16.7. The molecule has 1 saturated heterocycles. The summed E-state index contributed by atoms with van der Waals surface area (Å²) in [6.07, 6.45) is 1.61. The van der Waals surface area contributed by atoms with E-state index in [0.29, 0.717) is 23.9 Å². The van der Waals surface area contributed by atoms with Crippen LogP contribution in [-0.2, 0) is 20.9 Å². The van der Waals surface area contributed by atoms with Crippen LogP contribution < -0.4 is 10.2 Å². The van der Waals surface area contributed by atoms with Gasteiger partial charge >= 0.3 is 0 Å². The molecule has 6 nitrogen and oxygen atoms in total. The molecule has 152 valence electrons. The molecule has 3 rings (SSSR count). The second-order valence-corrected chi connectivity index (χ2v) is 7.66. The van der Waals surface area contributed by atoms with Crippen molar-refractivity contribution in [3.8, 4) is 0 Å². The van der Waals surface area contributed by atoms with Crippen LogP contribution in [0.25, 0.3) is 6.08 Å². The Morgan fingerprint density at radius 2 is 1.93 bits per heavy atom. The molecule has 1 aliphatic rings. The van der Waals surface area contributed by atoms with Gasteiger partial charge in [0.15, 0.2) is 5.11 Å². The van der Waals surface area contributed by atoms with E-state index in [9.17, 15) is 9.59 Å². The molecule has 2 amide bonds. The van der Waals surface area contributed by atoms with Gasteiger partial charge in [-0.25, -0.2) is 0 Å². The van der Waals surface area contributed by atoms with Gasteiger partial charge in [0.1, 0.15) is 5.57 Å². The maximum atomic E-state index is 13.2. The smallest absolute Gasteiger partial charge is 0.270 e. The summed E-state index contributed by atoms with van der Waals surface area (Å²) < 4.78 is 7.24. The highest BCUT2D eigenvalue weighted by Gasteiger charge is 2.34. The van der Waals surface area contributed by atoms with Gasteiger partial charge in [0, 0.05) is 30.1 Å². The lowest BCUT2D eigenvalue weighted by Gasteiger charge is -2.29. The number of nitrogens with one attached hydrogen (secondary N) is 1. The predicted octanol–water partition coefficient (Wildman–Crippen LogP) is 3.54. The van der Waals surface area contributed by atoms with Gasteiger partial charge in [0.2, 0.25) is 0 Å². The average Bonchev–Trinajstić information content (AvgIpc) is 2.92. The zero-order chi connectivity index (χ0) is 21.3. The number of carbonyl (C=O) groups is 2. The number of hydrogen-bond acceptors (Lipinski definition) is 4. The van der Waals surface area contributed by atoms with E-state index >= 15 is 0 Å². The number of ether oxygens (including phenoxy) is 1. The number of amides is 2.